The molecule has 0 fully saturated rings. The summed E-state index contributed by atoms with van der Waals surface area (Å²) in [5.74, 6) is -0.744. The second kappa shape index (κ2) is 13.4. The molecular formula is C29H32FN6O6P. The molecule has 4 aromatic rings. The second-order valence-corrected chi connectivity index (χ2v) is 12.3. The lowest BCUT2D eigenvalue weighted by molar-refractivity contribution is -0.146. The number of ether oxygens (including phenoxy) is 3. The molecule has 0 saturated heterocycles. The van der Waals surface area contributed by atoms with Crippen molar-refractivity contribution in [2.75, 3.05) is 18.7 Å². The van der Waals surface area contributed by atoms with Gasteiger partial charge in [0.1, 0.15) is 23.6 Å². The van der Waals surface area contributed by atoms with Crippen molar-refractivity contribution in [1.82, 2.24) is 24.6 Å². The van der Waals surface area contributed by atoms with E-state index < -0.39 is 44.2 Å². The minimum atomic E-state index is -3.99. The summed E-state index contributed by atoms with van der Waals surface area (Å²) in [5.41, 5.74) is 7.23. The molecule has 3 heterocycles. The molecule has 0 saturated carbocycles. The number of hydrogen-bond acceptors (Lipinski definition) is 10. The number of esters is 1. The Kier molecular flexibility index (Phi) is 9.46. The molecule has 4 atom stereocenters. The number of halogens is 1. The van der Waals surface area contributed by atoms with E-state index in [4.69, 9.17) is 24.5 Å². The summed E-state index contributed by atoms with van der Waals surface area (Å²) < 4.78 is 53.6. The Hall–Kier alpha value is -4.16. The van der Waals surface area contributed by atoms with E-state index >= 15 is 4.39 Å². The first-order valence-electron chi connectivity index (χ1n) is 13.6. The summed E-state index contributed by atoms with van der Waals surface area (Å²) in [6.07, 6.45) is 0.798. The third-order valence-electron chi connectivity index (χ3n) is 6.32. The van der Waals surface area contributed by atoms with Crippen molar-refractivity contribution in [2.45, 2.75) is 38.8 Å². The first-order valence-corrected chi connectivity index (χ1v) is 15.4. The van der Waals surface area contributed by atoms with E-state index in [0.717, 1.165) is 11.6 Å². The molecule has 1 aliphatic heterocycles. The minimum absolute atomic E-state index is 0.0988. The molecule has 0 spiro atoms. The number of carbonyl (C=O) groups is 1. The van der Waals surface area contributed by atoms with Crippen LogP contribution in [-0.4, -0.2) is 50.8 Å². The zero-order chi connectivity index (χ0) is 30.4. The highest BCUT2D eigenvalue weighted by Gasteiger charge is 2.37. The van der Waals surface area contributed by atoms with Gasteiger partial charge in [-0.25, -0.2) is 24.4 Å². The van der Waals surface area contributed by atoms with Gasteiger partial charge in [0, 0.05) is 6.08 Å². The Bertz CT molecular complexity index is 1620. The third-order valence-corrected chi connectivity index (χ3v) is 8.02. The zero-order valence-corrected chi connectivity index (χ0v) is 24.5. The summed E-state index contributed by atoms with van der Waals surface area (Å²) in [5, 5.41) is 2.87. The highest BCUT2D eigenvalue weighted by Crippen LogP contribution is 2.45. The van der Waals surface area contributed by atoms with Gasteiger partial charge < -0.3 is 24.5 Å². The summed E-state index contributed by atoms with van der Waals surface area (Å²) in [7, 11) is -3.99. The Morgan fingerprint density at radius 3 is 2.56 bits per heavy atom. The lowest BCUT2D eigenvalue weighted by Gasteiger charge is -2.26. The molecule has 1 unspecified atom stereocenters. The molecule has 3 N–H and O–H groups in total. The number of rotatable bonds is 13. The van der Waals surface area contributed by atoms with Crippen LogP contribution in [0.1, 0.15) is 25.6 Å². The minimum Gasteiger partial charge on any atom is -0.464 e. The first kappa shape index (κ1) is 30.3. The van der Waals surface area contributed by atoms with E-state index in [1.54, 1.807) is 30.3 Å². The van der Waals surface area contributed by atoms with Gasteiger partial charge in [0.05, 0.1) is 12.9 Å². The summed E-state index contributed by atoms with van der Waals surface area (Å²) in [4.78, 5) is 25.3. The SMILES string of the molecule is CC(C)COC(=O)[C@H](Cc1ccccc1)NP(=O)(CO[C@@H]1C=C(F)[C@H](n2cnc3c(N)ncnc32)O1)Oc1ccccc1. The Balaban J connectivity index is 1.35. The topological polar surface area (TPSA) is 153 Å². The molecule has 14 heteroatoms. The Morgan fingerprint density at radius 2 is 1.84 bits per heavy atom. The van der Waals surface area contributed by atoms with Crippen LogP contribution in [0.15, 0.2) is 85.2 Å². The van der Waals surface area contributed by atoms with Crippen molar-refractivity contribution in [3.05, 3.63) is 90.8 Å². The van der Waals surface area contributed by atoms with Gasteiger partial charge in [0.2, 0.25) is 0 Å². The molecule has 12 nitrogen and oxygen atoms in total. The predicted molar refractivity (Wildman–Crippen MR) is 156 cm³/mol. The molecule has 5 rings (SSSR count). The van der Waals surface area contributed by atoms with Crippen LogP contribution in [0.25, 0.3) is 11.2 Å². The van der Waals surface area contributed by atoms with E-state index in [9.17, 15) is 9.36 Å². The summed E-state index contributed by atoms with van der Waals surface area (Å²) >= 11 is 0. The number of fused-ring (bicyclic) bond motifs is 1. The Labute approximate surface area is 247 Å². The van der Waals surface area contributed by atoms with Gasteiger partial charge in [-0.2, -0.15) is 0 Å². The van der Waals surface area contributed by atoms with E-state index in [1.165, 1.54) is 17.2 Å². The fourth-order valence-corrected chi connectivity index (χ4v) is 5.96. The van der Waals surface area contributed by atoms with Gasteiger partial charge in [-0.15, -0.1) is 0 Å². The number of nitrogens with two attached hydrogens (primary N) is 1. The largest absolute Gasteiger partial charge is 0.464 e. The van der Waals surface area contributed by atoms with Gasteiger partial charge >= 0.3 is 13.5 Å². The van der Waals surface area contributed by atoms with Gasteiger partial charge in [0.25, 0.3) is 0 Å². The van der Waals surface area contributed by atoms with Crippen LogP contribution in [0.4, 0.5) is 10.2 Å². The molecule has 226 valence electrons. The normalized spacial score (nSPS) is 18.7. The number of aromatic nitrogens is 4. The zero-order valence-electron chi connectivity index (χ0n) is 23.6. The number of nitrogen functional groups attached to an aromatic ring is 1. The first-order chi connectivity index (χ1) is 20.7. The van der Waals surface area contributed by atoms with Crippen molar-refractivity contribution in [3.63, 3.8) is 0 Å². The number of nitrogens with one attached hydrogen (secondary N) is 1. The highest BCUT2D eigenvalue weighted by atomic mass is 31.2. The molecule has 1 aliphatic rings. The van der Waals surface area contributed by atoms with Crippen molar-refractivity contribution >= 4 is 30.5 Å². The second-order valence-electron chi connectivity index (χ2n) is 10.3. The van der Waals surface area contributed by atoms with Crippen molar-refractivity contribution in [3.8, 4) is 5.75 Å². The van der Waals surface area contributed by atoms with Crippen LogP contribution in [0, 0.1) is 5.92 Å². The smallest absolute Gasteiger partial charge is 0.342 e. The molecule has 2 aromatic heterocycles. The maximum absolute atomic E-state index is 15.1. The van der Waals surface area contributed by atoms with Gasteiger partial charge in [-0.05, 0) is 30.0 Å². The molecule has 43 heavy (non-hydrogen) atoms. The molecule has 0 aliphatic carbocycles. The standard InChI is InChI=1S/C29H32FN6O6P/c1-19(2)15-39-29(37)23(13-20-9-5-3-6-10-20)35-43(38,42-21-11-7-4-8-12-21)18-40-24-14-22(30)28(41-24)36-17-34-25-26(31)32-16-33-27(25)36/h3-12,14,16-17,19,23-24,28H,13,15,18H2,1-2H3,(H,35,38)(H2,31,32,33)/t23-,24-,28+,43?/m0/s1. The van der Waals surface area contributed by atoms with Crippen molar-refractivity contribution < 1.29 is 32.5 Å². The number of nitrogens with zero attached hydrogens (tertiary/aromatic N) is 4. The van der Waals surface area contributed by atoms with Crippen LogP contribution in [0.5, 0.6) is 5.75 Å². The van der Waals surface area contributed by atoms with Gasteiger partial charge in [-0.3, -0.25) is 13.9 Å². The number of imidazole rings is 1. The lowest BCUT2D eigenvalue weighted by atomic mass is 10.1. The van der Waals surface area contributed by atoms with Crippen LogP contribution < -0.4 is 15.3 Å². The number of anilines is 1. The quantitative estimate of drug-likeness (QED) is 0.159. The molecule has 2 aromatic carbocycles. The molecule has 0 radical (unpaired) electrons. The maximum atomic E-state index is 15.1. The van der Waals surface area contributed by atoms with Gasteiger partial charge in [-0.1, -0.05) is 62.4 Å². The molecular weight excluding hydrogens is 578 g/mol. The average molecular weight is 611 g/mol. The van der Waals surface area contributed by atoms with Crippen LogP contribution in [0.2, 0.25) is 0 Å². The van der Waals surface area contributed by atoms with Crippen LogP contribution in [0.3, 0.4) is 0 Å². The van der Waals surface area contributed by atoms with Gasteiger partial charge in [0.15, 0.2) is 36.2 Å². The third kappa shape index (κ3) is 7.63. The number of benzene rings is 2. The maximum Gasteiger partial charge on any atom is 0.342 e. The van der Waals surface area contributed by atoms with E-state index in [-0.39, 0.29) is 36.2 Å². The van der Waals surface area contributed by atoms with Crippen molar-refractivity contribution in [1.29, 1.82) is 0 Å². The van der Waals surface area contributed by atoms with Crippen molar-refractivity contribution in [2.24, 2.45) is 5.92 Å². The average Bonchev–Trinajstić information content (AvgIpc) is 3.59. The van der Waals surface area contributed by atoms with E-state index in [2.05, 4.69) is 20.0 Å². The summed E-state index contributed by atoms with van der Waals surface area (Å²) in [6, 6.07) is 16.7. The summed E-state index contributed by atoms with van der Waals surface area (Å²) in [6.45, 7) is 4.02. The fourth-order valence-electron chi connectivity index (χ4n) is 4.30. The number of para-hydroxylation sites is 1. The fraction of sp³-hybridized carbons (Fsp3) is 0.310. The van der Waals surface area contributed by atoms with E-state index in [1.807, 2.05) is 44.2 Å². The van der Waals surface area contributed by atoms with Crippen LogP contribution >= 0.6 is 7.52 Å². The number of carbonyl (C=O) groups excluding carboxylic acids is 1. The predicted octanol–water partition coefficient (Wildman–Crippen LogP) is 4.76. The molecule has 0 amide bonds. The Morgan fingerprint density at radius 1 is 1.12 bits per heavy atom. The molecule has 0 bridgehead atoms. The lowest BCUT2D eigenvalue weighted by Crippen LogP contribution is -2.40. The monoisotopic (exact) mass is 610 g/mol. The number of hydrogen-bond donors (Lipinski definition) is 2. The van der Waals surface area contributed by atoms with Crippen LogP contribution in [-0.2, 0) is 30.0 Å². The highest BCUT2D eigenvalue weighted by molar-refractivity contribution is 7.57. The van der Waals surface area contributed by atoms with E-state index in [0.29, 0.717) is 5.52 Å².